The van der Waals surface area contributed by atoms with E-state index in [-0.39, 0.29) is 11.8 Å². The van der Waals surface area contributed by atoms with Crippen LogP contribution in [0.25, 0.3) is 0 Å². The molecule has 96 valence electrons. The summed E-state index contributed by atoms with van der Waals surface area (Å²) in [6.07, 6.45) is 2.69. The fraction of sp³-hybridized carbons (Fsp3) is 0.500. The summed E-state index contributed by atoms with van der Waals surface area (Å²) in [6.45, 7) is 2.26. The van der Waals surface area contributed by atoms with E-state index in [1.165, 1.54) is 5.56 Å². The zero-order valence-electron chi connectivity index (χ0n) is 10.2. The molecule has 3 nitrogen and oxygen atoms in total. The largest absolute Gasteiger partial charge is 0.381 e. The van der Waals surface area contributed by atoms with Crippen LogP contribution in [-0.2, 0) is 16.0 Å². The van der Waals surface area contributed by atoms with E-state index in [1.807, 2.05) is 11.0 Å². The van der Waals surface area contributed by atoms with Gasteiger partial charge in [-0.05, 0) is 37.0 Å². The molecule has 2 heterocycles. The summed E-state index contributed by atoms with van der Waals surface area (Å²) in [4.78, 5) is 14.5. The zero-order valence-corrected chi connectivity index (χ0v) is 11.8. The van der Waals surface area contributed by atoms with Crippen molar-refractivity contribution in [3.63, 3.8) is 0 Å². The van der Waals surface area contributed by atoms with Gasteiger partial charge in [-0.25, -0.2) is 0 Å². The summed E-state index contributed by atoms with van der Waals surface area (Å²) in [5, 5.41) is 0. The molecule has 3 rings (SSSR count). The summed E-state index contributed by atoms with van der Waals surface area (Å²) in [7, 11) is 0. The van der Waals surface area contributed by atoms with Gasteiger partial charge in [0, 0.05) is 35.8 Å². The topological polar surface area (TPSA) is 29.5 Å². The molecule has 1 amide bonds. The molecule has 1 saturated heterocycles. The molecule has 0 saturated carbocycles. The Morgan fingerprint density at radius 2 is 2.11 bits per heavy atom. The van der Waals surface area contributed by atoms with E-state index in [2.05, 4.69) is 28.1 Å². The Hall–Kier alpha value is -0.870. The fourth-order valence-corrected chi connectivity index (χ4v) is 3.10. The highest BCUT2D eigenvalue weighted by Gasteiger charge is 2.31. The summed E-state index contributed by atoms with van der Waals surface area (Å²) in [6, 6.07) is 6.21. The molecular weight excluding hydrogens is 294 g/mol. The lowest BCUT2D eigenvalue weighted by molar-refractivity contribution is -0.125. The molecule has 1 aromatic rings. The molecular formula is C14H16BrNO2. The van der Waals surface area contributed by atoms with Gasteiger partial charge in [-0.2, -0.15) is 0 Å². The van der Waals surface area contributed by atoms with Crippen LogP contribution in [0.5, 0.6) is 0 Å². The van der Waals surface area contributed by atoms with E-state index in [0.29, 0.717) is 0 Å². The first-order valence-electron chi connectivity index (χ1n) is 6.43. The van der Waals surface area contributed by atoms with Gasteiger partial charge in [-0.3, -0.25) is 4.79 Å². The van der Waals surface area contributed by atoms with Gasteiger partial charge in [-0.15, -0.1) is 0 Å². The molecule has 0 aromatic heterocycles. The quantitative estimate of drug-likeness (QED) is 0.798. The van der Waals surface area contributed by atoms with E-state index in [4.69, 9.17) is 4.74 Å². The van der Waals surface area contributed by atoms with E-state index in [0.717, 1.165) is 49.2 Å². The average molecular weight is 310 g/mol. The number of anilines is 1. The van der Waals surface area contributed by atoms with Crippen LogP contribution in [0.2, 0.25) is 0 Å². The number of benzene rings is 1. The lowest BCUT2D eigenvalue weighted by atomic mass is 9.98. The summed E-state index contributed by atoms with van der Waals surface area (Å²) in [5.74, 6) is 0.416. The first kappa shape index (κ1) is 12.2. The van der Waals surface area contributed by atoms with Crippen LogP contribution < -0.4 is 4.90 Å². The number of nitrogens with zero attached hydrogens (tertiary/aromatic N) is 1. The second kappa shape index (κ2) is 5.02. The van der Waals surface area contributed by atoms with Gasteiger partial charge < -0.3 is 9.64 Å². The summed E-state index contributed by atoms with van der Waals surface area (Å²) >= 11 is 3.48. The van der Waals surface area contributed by atoms with Gasteiger partial charge in [0.05, 0.1) is 0 Å². The molecule has 18 heavy (non-hydrogen) atoms. The first-order valence-corrected chi connectivity index (χ1v) is 7.22. The first-order chi connectivity index (χ1) is 8.75. The predicted octanol–water partition coefficient (Wildman–Crippen LogP) is 2.76. The molecule has 1 aromatic carbocycles. The number of amides is 1. The third-order valence-corrected chi connectivity index (χ3v) is 4.27. The minimum Gasteiger partial charge on any atom is -0.381 e. The van der Waals surface area contributed by atoms with Gasteiger partial charge in [0.1, 0.15) is 0 Å². The number of ether oxygens (including phenoxy) is 1. The van der Waals surface area contributed by atoms with E-state index < -0.39 is 0 Å². The maximum atomic E-state index is 12.5. The van der Waals surface area contributed by atoms with Crippen molar-refractivity contribution in [3.8, 4) is 0 Å². The Morgan fingerprint density at radius 3 is 2.89 bits per heavy atom. The highest BCUT2D eigenvalue weighted by molar-refractivity contribution is 9.10. The summed E-state index contributed by atoms with van der Waals surface area (Å²) in [5.41, 5.74) is 2.36. The average Bonchev–Trinajstić information content (AvgIpc) is 2.82. The molecule has 0 unspecified atom stereocenters. The van der Waals surface area contributed by atoms with Gasteiger partial charge in [-0.1, -0.05) is 22.0 Å². The Bertz CT molecular complexity index is 469. The third kappa shape index (κ3) is 2.19. The Balaban J connectivity index is 1.82. The van der Waals surface area contributed by atoms with Crippen LogP contribution in [0.1, 0.15) is 18.4 Å². The molecule has 0 N–H and O–H groups in total. The van der Waals surface area contributed by atoms with Crippen LogP contribution in [0.3, 0.4) is 0 Å². The van der Waals surface area contributed by atoms with Crippen molar-refractivity contribution in [2.75, 3.05) is 24.7 Å². The number of carbonyl (C=O) groups excluding carboxylic acids is 1. The third-order valence-electron chi connectivity index (χ3n) is 3.78. The normalized spacial score (nSPS) is 19.9. The van der Waals surface area contributed by atoms with E-state index >= 15 is 0 Å². The molecule has 0 aliphatic carbocycles. The smallest absolute Gasteiger partial charge is 0.230 e. The van der Waals surface area contributed by atoms with Gasteiger partial charge in [0.25, 0.3) is 0 Å². The molecule has 0 atom stereocenters. The molecule has 2 aliphatic rings. The van der Waals surface area contributed by atoms with Crippen LogP contribution in [0.15, 0.2) is 22.7 Å². The molecule has 2 aliphatic heterocycles. The molecule has 1 fully saturated rings. The van der Waals surface area contributed by atoms with Crippen molar-refractivity contribution in [1.29, 1.82) is 0 Å². The van der Waals surface area contributed by atoms with Crippen LogP contribution in [-0.4, -0.2) is 25.7 Å². The number of fused-ring (bicyclic) bond motifs is 1. The van der Waals surface area contributed by atoms with E-state index in [9.17, 15) is 4.79 Å². The van der Waals surface area contributed by atoms with Gasteiger partial charge in [0.2, 0.25) is 5.91 Å². The van der Waals surface area contributed by atoms with Gasteiger partial charge in [0.15, 0.2) is 0 Å². The molecule has 0 radical (unpaired) electrons. The van der Waals surface area contributed by atoms with Crippen LogP contribution in [0.4, 0.5) is 5.69 Å². The lowest BCUT2D eigenvalue weighted by Gasteiger charge is -2.26. The predicted molar refractivity (Wildman–Crippen MR) is 73.7 cm³/mol. The summed E-state index contributed by atoms with van der Waals surface area (Å²) < 4.78 is 6.36. The number of rotatable bonds is 1. The van der Waals surface area contributed by atoms with Crippen LogP contribution in [0, 0.1) is 5.92 Å². The Kier molecular flexibility index (Phi) is 3.39. The van der Waals surface area contributed by atoms with Crippen molar-refractivity contribution in [3.05, 3.63) is 28.2 Å². The monoisotopic (exact) mass is 309 g/mol. The van der Waals surface area contributed by atoms with Crippen LogP contribution >= 0.6 is 15.9 Å². The maximum absolute atomic E-state index is 12.5. The van der Waals surface area contributed by atoms with E-state index in [1.54, 1.807) is 0 Å². The van der Waals surface area contributed by atoms with Crippen molar-refractivity contribution < 1.29 is 9.53 Å². The highest BCUT2D eigenvalue weighted by atomic mass is 79.9. The molecule has 0 spiro atoms. The second-order valence-electron chi connectivity index (χ2n) is 4.90. The molecule has 0 bridgehead atoms. The maximum Gasteiger partial charge on any atom is 0.230 e. The Labute approximate surface area is 115 Å². The van der Waals surface area contributed by atoms with Crippen molar-refractivity contribution >= 4 is 27.5 Å². The standard InChI is InChI=1S/C14H16BrNO2/c15-12-2-1-10-3-6-16(13(10)9-12)14(17)11-4-7-18-8-5-11/h1-2,9,11H,3-8H2. The minimum atomic E-state index is 0.142. The highest BCUT2D eigenvalue weighted by Crippen LogP contribution is 2.33. The SMILES string of the molecule is O=C(C1CCOCC1)N1CCc2ccc(Br)cc21. The van der Waals surface area contributed by atoms with Crippen molar-refractivity contribution in [1.82, 2.24) is 0 Å². The minimum absolute atomic E-state index is 0.142. The number of carbonyl (C=O) groups is 1. The number of halogens is 1. The zero-order chi connectivity index (χ0) is 12.5. The van der Waals surface area contributed by atoms with Gasteiger partial charge >= 0.3 is 0 Å². The number of hydrogen-bond acceptors (Lipinski definition) is 2. The molecule has 4 heteroatoms. The number of hydrogen-bond donors (Lipinski definition) is 0. The van der Waals surface area contributed by atoms with Crippen molar-refractivity contribution in [2.24, 2.45) is 5.92 Å². The second-order valence-corrected chi connectivity index (χ2v) is 5.82. The lowest BCUT2D eigenvalue weighted by Crippen LogP contribution is -2.37. The van der Waals surface area contributed by atoms with Crippen molar-refractivity contribution in [2.45, 2.75) is 19.3 Å². The Morgan fingerprint density at radius 1 is 1.33 bits per heavy atom. The fourth-order valence-electron chi connectivity index (χ4n) is 2.75.